The Hall–Kier alpha value is -1.85. The van der Waals surface area contributed by atoms with Gasteiger partial charge in [-0.05, 0) is 37.4 Å². The topological polar surface area (TPSA) is 85.3 Å². The summed E-state index contributed by atoms with van der Waals surface area (Å²) in [5.74, 6) is -0.0821. The Bertz CT molecular complexity index is 729. The van der Waals surface area contributed by atoms with E-state index in [9.17, 15) is 9.59 Å². The van der Waals surface area contributed by atoms with Gasteiger partial charge in [-0.1, -0.05) is 24.6 Å². The quantitative estimate of drug-likeness (QED) is 0.847. The maximum absolute atomic E-state index is 12.3. The number of benzene rings is 1. The minimum Gasteiger partial charge on any atom is -0.422 e. The van der Waals surface area contributed by atoms with Crippen molar-refractivity contribution in [3.63, 3.8) is 0 Å². The van der Waals surface area contributed by atoms with Gasteiger partial charge in [0.1, 0.15) is 11.1 Å². The van der Waals surface area contributed by atoms with E-state index in [2.05, 4.69) is 5.32 Å². The van der Waals surface area contributed by atoms with Crippen molar-refractivity contribution in [1.29, 1.82) is 0 Å². The molecule has 22 heavy (non-hydrogen) atoms. The van der Waals surface area contributed by atoms with Crippen LogP contribution in [0.2, 0.25) is 0 Å². The second kappa shape index (κ2) is 6.94. The van der Waals surface area contributed by atoms with Crippen molar-refractivity contribution in [3.05, 3.63) is 46.3 Å². The van der Waals surface area contributed by atoms with E-state index in [0.29, 0.717) is 18.0 Å². The number of nitrogens with two attached hydrogens (primary N) is 1. The van der Waals surface area contributed by atoms with Crippen LogP contribution in [-0.4, -0.2) is 18.5 Å². The SMILES string of the molecule is Cl.NCC1CCCC1NC(=O)c1cc2ccccc2oc1=O. The van der Waals surface area contributed by atoms with Crippen molar-refractivity contribution in [2.24, 2.45) is 11.7 Å². The number of hydrogen-bond acceptors (Lipinski definition) is 4. The predicted octanol–water partition coefficient (Wildman–Crippen LogP) is 2.07. The molecule has 3 rings (SSSR count). The molecule has 118 valence electrons. The highest BCUT2D eigenvalue weighted by atomic mass is 35.5. The van der Waals surface area contributed by atoms with E-state index < -0.39 is 5.63 Å². The minimum absolute atomic E-state index is 0. The smallest absolute Gasteiger partial charge is 0.349 e. The second-order valence-electron chi connectivity index (χ2n) is 5.49. The van der Waals surface area contributed by atoms with Crippen molar-refractivity contribution in [1.82, 2.24) is 5.32 Å². The molecule has 1 aliphatic carbocycles. The molecule has 0 spiro atoms. The third-order valence-corrected chi connectivity index (χ3v) is 4.16. The number of nitrogens with one attached hydrogen (secondary N) is 1. The fourth-order valence-corrected chi connectivity index (χ4v) is 2.98. The Kier molecular flexibility index (Phi) is 5.21. The number of carbonyl (C=O) groups is 1. The Morgan fingerprint density at radius 2 is 2.09 bits per heavy atom. The molecule has 0 bridgehead atoms. The van der Waals surface area contributed by atoms with Crippen LogP contribution in [0.15, 0.2) is 39.5 Å². The van der Waals surface area contributed by atoms with E-state index in [0.717, 1.165) is 24.6 Å². The van der Waals surface area contributed by atoms with Gasteiger partial charge < -0.3 is 15.5 Å². The van der Waals surface area contributed by atoms with Gasteiger partial charge in [0.15, 0.2) is 0 Å². The molecular weight excluding hydrogens is 304 g/mol. The number of halogens is 1. The first-order chi connectivity index (χ1) is 10.2. The minimum atomic E-state index is -0.603. The second-order valence-corrected chi connectivity index (χ2v) is 5.49. The number of fused-ring (bicyclic) bond motifs is 1. The molecule has 3 N–H and O–H groups in total. The summed E-state index contributed by atoms with van der Waals surface area (Å²) < 4.78 is 5.19. The third kappa shape index (κ3) is 3.15. The summed E-state index contributed by atoms with van der Waals surface area (Å²) in [6, 6.07) is 8.78. The number of amides is 1. The Labute approximate surface area is 134 Å². The van der Waals surface area contributed by atoms with Gasteiger partial charge in [-0.2, -0.15) is 0 Å². The number of hydrogen-bond donors (Lipinski definition) is 2. The first kappa shape index (κ1) is 16.5. The average molecular weight is 323 g/mol. The van der Waals surface area contributed by atoms with Crippen LogP contribution in [-0.2, 0) is 0 Å². The van der Waals surface area contributed by atoms with Crippen molar-refractivity contribution in [2.45, 2.75) is 25.3 Å². The van der Waals surface area contributed by atoms with E-state index in [1.54, 1.807) is 18.2 Å². The molecule has 1 aromatic heterocycles. The monoisotopic (exact) mass is 322 g/mol. The van der Waals surface area contributed by atoms with Gasteiger partial charge in [0.05, 0.1) is 0 Å². The van der Waals surface area contributed by atoms with Gasteiger partial charge in [0.2, 0.25) is 0 Å². The summed E-state index contributed by atoms with van der Waals surface area (Å²) in [5, 5.41) is 3.66. The zero-order chi connectivity index (χ0) is 14.8. The first-order valence-corrected chi connectivity index (χ1v) is 7.23. The molecule has 6 heteroatoms. The molecule has 0 aliphatic heterocycles. The standard InChI is InChI=1S/C16H18N2O3.ClH/c17-9-11-5-3-6-13(11)18-15(19)12-8-10-4-1-2-7-14(10)21-16(12)20;/h1-2,4,7-8,11,13H,3,5-6,9,17H2,(H,18,19);1H. The summed E-state index contributed by atoms with van der Waals surface area (Å²) in [7, 11) is 0. The first-order valence-electron chi connectivity index (χ1n) is 7.23. The molecule has 5 nitrogen and oxygen atoms in total. The lowest BCUT2D eigenvalue weighted by Crippen LogP contribution is -2.41. The molecule has 1 heterocycles. The normalized spacial score (nSPS) is 20.6. The molecule has 0 saturated heterocycles. The molecule has 1 fully saturated rings. The number of rotatable bonds is 3. The van der Waals surface area contributed by atoms with Crippen LogP contribution in [0, 0.1) is 5.92 Å². The maximum Gasteiger partial charge on any atom is 0.349 e. The van der Waals surface area contributed by atoms with Gasteiger partial charge in [0, 0.05) is 11.4 Å². The largest absolute Gasteiger partial charge is 0.422 e. The Morgan fingerprint density at radius 1 is 1.32 bits per heavy atom. The highest BCUT2D eigenvalue weighted by molar-refractivity contribution is 5.96. The third-order valence-electron chi connectivity index (χ3n) is 4.16. The fourth-order valence-electron chi connectivity index (χ4n) is 2.98. The summed E-state index contributed by atoms with van der Waals surface area (Å²) in [4.78, 5) is 24.3. The molecule has 2 aromatic rings. The molecular formula is C16H19ClN2O3. The van der Waals surface area contributed by atoms with Crippen molar-refractivity contribution in [2.75, 3.05) is 6.54 Å². The van der Waals surface area contributed by atoms with E-state index in [-0.39, 0.29) is 29.9 Å². The van der Waals surface area contributed by atoms with Crippen LogP contribution >= 0.6 is 12.4 Å². The lowest BCUT2D eigenvalue weighted by Gasteiger charge is -2.19. The zero-order valence-corrected chi connectivity index (χ0v) is 12.9. The summed E-state index contributed by atoms with van der Waals surface area (Å²) in [6.45, 7) is 0.553. The van der Waals surface area contributed by atoms with Crippen LogP contribution in [0.3, 0.4) is 0 Å². The number of carbonyl (C=O) groups excluding carboxylic acids is 1. The van der Waals surface area contributed by atoms with Crippen LogP contribution < -0.4 is 16.7 Å². The van der Waals surface area contributed by atoms with Crippen LogP contribution in [0.1, 0.15) is 29.6 Å². The maximum atomic E-state index is 12.3. The lowest BCUT2D eigenvalue weighted by atomic mass is 10.0. The van der Waals surface area contributed by atoms with Gasteiger partial charge in [-0.25, -0.2) is 4.79 Å². The molecule has 1 saturated carbocycles. The highest BCUT2D eigenvalue weighted by Crippen LogP contribution is 2.24. The molecule has 2 unspecified atom stereocenters. The summed E-state index contributed by atoms with van der Waals surface area (Å²) in [6.07, 6.45) is 2.99. The van der Waals surface area contributed by atoms with Gasteiger partial charge in [0.25, 0.3) is 5.91 Å². The molecule has 1 amide bonds. The Balaban J connectivity index is 0.00000176. The fraction of sp³-hybridized carbons (Fsp3) is 0.375. The highest BCUT2D eigenvalue weighted by Gasteiger charge is 2.28. The van der Waals surface area contributed by atoms with E-state index in [4.69, 9.17) is 10.2 Å². The molecule has 1 aromatic carbocycles. The average Bonchev–Trinajstić information content (AvgIpc) is 2.93. The number of para-hydroxylation sites is 1. The van der Waals surface area contributed by atoms with Crippen LogP contribution in [0.4, 0.5) is 0 Å². The summed E-state index contributed by atoms with van der Waals surface area (Å²) in [5.41, 5.74) is 5.65. The summed E-state index contributed by atoms with van der Waals surface area (Å²) >= 11 is 0. The van der Waals surface area contributed by atoms with E-state index >= 15 is 0 Å². The zero-order valence-electron chi connectivity index (χ0n) is 12.1. The van der Waals surface area contributed by atoms with Crippen molar-refractivity contribution >= 4 is 29.3 Å². The predicted molar refractivity (Wildman–Crippen MR) is 87.4 cm³/mol. The van der Waals surface area contributed by atoms with E-state index in [1.807, 2.05) is 12.1 Å². The van der Waals surface area contributed by atoms with Crippen molar-refractivity contribution in [3.8, 4) is 0 Å². The van der Waals surface area contributed by atoms with Crippen LogP contribution in [0.5, 0.6) is 0 Å². The lowest BCUT2D eigenvalue weighted by molar-refractivity contribution is 0.0925. The molecule has 1 aliphatic rings. The van der Waals surface area contributed by atoms with Gasteiger partial charge >= 0.3 is 5.63 Å². The Morgan fingerprint density at radius 3 is 2.86 bits per heavy atom. The van der Waals surface area contributed by atoms with Gasteiger partial charge in [-0.3, -0.25) is 4.79 Å². The molecule has 2 atom stereocenters. The van der Waals surface area contributed by atoms with Crippen molar-refractivity contribution < 1.29 is 9.21 Å². The van der Waals surface area contributed by atoms with Crippen LogP contribution in [0.25, 0.3) is 11.0 Å². The van der Waals surface area contributed by atoms with Gasteiger partial charge in [-0.15, -0.1) is 12.4 Å². The van der Waals surface area contributed by atoms with E-state index in [1.165, 1.54) is 0 Å². The molecule has 0 radical (unpaired) electrons.